The van der Waals surface area contributed by atoms with Crippen molar-refractivity contribution in [3.63, 3.8) is 0 Å². The lowest BCUT2D eigenvalue weighted by atomic mass is 10.7. The largest absolute Gasteiger partial charge is 0.244 e. The Labute approximate surface area is 62.8 Å². The fraction of sp³-hybridized carbons (Fsp3) is 0.167. The van der Waals surface area contributed by atoms with Crippen LogP contribution in [-0.4, -0.2) is 11.2 Å². The Morgan fingerprint density at radius 2 is 2.67 bits per heavy atom. The summed E-state index contributed by atoms with van der Waals surface area (Å²) in [6.45, 7) is 3.62. The van der Waals surface area contributed by atoms with Gasteiger partial charge in [0.2, 0.25) is 0 Å². The van der Waals surface area contributed by atoms with Gasteiger partial charge in [0.05, 0.1) is 10.4 Å². The molecule has 0 spiro atoms. The van der Waals surface area contributed by atoms with Crippen molar-refractivity contribution in [3.8, 4) is 0 Å². The first kappa shape index (κ1) is 6.83. The van der Waals surface area contributed by atoms with Crippen LogP contribution in [0.2, 0.25) is 0 Å². The molecule has 0 saturated carbocycles. The van der Waals surface area contributed by atoms with Gasteiger partial charge in [-0.25, -0.2) is 4.98 Å². The molecular weight excluding hydrogens is 150 g/mol. The molecule has 0 bridgehead atoms. The van der Waals surface area contributed by atoms with E-state index in [1.165, 1.54) is 4.21 Å². The molecule has 0 radical (unpaired) electrons. The molecule has 9 heavy (non-hydrogen) atoms. The molecule has 1 nitrogen and oxygen atoms in total. The van der Waals surface area contributed by atoms with Gasteiger partial charge in [-0.2, -0.15) is 0 Å². The molecule has 0 aliphatic carbocycles. The molecule has 0 aromatic carbocycles. The van der Waals surface area contributed by atoms with Crippen molar-refractivity contribution in [1.82, 2.24) is 4.98 Å². The second-order valence-corrected chi connectivity index (χ2v) is 3.59. The highest BCUT2D eigenvalue weighted by atomic mass is 32.2. The van der Waals surface area contributed by atoms with E-state index in [0.29, 0.717) is 0 Å². The highest BCUT2D eigenvalue weighted by molar-refractivity contribution is 8.00. The zero-order chi connectivity index (χ0) is 6.69. The summed E-state index contributed by atoms with van der Waals surface area (Å²) in [7, 11) is 0. The van der Waals surface area contributed by atoms with Crippen LogP contribution >= 0.6 is 23.1 Å². The minimum atomic E-state index is 0.999. The fourth-order valence-corrected chi connectivity index (χ4v) is 1.71. The first-order valence-electron chi connectivity index (χ1n) is 2.49. The predicted molar refractivity (Wildman–Crippen MR) is 44.0 cm³/mol. The Hall–Kier alpha value is -0.280. The Morgan fingerprint density at radius 1 is 1.89 bits per heavy atom. The van der Waals surface area contributed by atoms with Gasteiger partial charge in [-0.15, -0.1) is 23.1 Å². The van der Waals surface area contributed by atoms with Crippen molar-refractivity contribution >= 4 is 29.2 Å². The predicted octanol–water partition coefficient (Wildman–Crippen LogP) is 2.51. The van der Waals surface area contributed by atoms with Crippen LogP contribution in [-0.2, 0) is 0 Å². The van der Waals surface area contributed by atoms with Crippen molar-refractivity contribution in [2.75, 3.05) is 6.26 Å². The molecule has 48 valence electrons. The normalized spacial score (nSPS) is 9.44. The number of nitrogens with zero attached hydrogens (tertiary/aromatic N) is 1. The summed E-state index contributed by atoms with van der Waals surface area (Å²) in [5.74, 6) is 0. The van der Waals surface area contributed by atoms with Gasteiger partial charge in [0, 0.05) is 0 Å². The van der Waals surface area contributed by atoms with Crippen molar-refractivity contribution < 1.29 is 0 Å². The number of hydrogen-bond donors (Lipinski definition) is 0. The van der Waals surface area contributed by atoms with E-state index in [0.717, 1.165) is 5.01 Å². The quantitative estimate of drug-likeness (QED) is 0.612. The lowest BCUT2D eigenvalue weighted by molar-refractivity contribution is 1.36. The van der Waals surface area contributed by atoms with Crippen molar-refractivity contribution in [3.05, 3.63) is 17.8 Å². The van der Waals surface area contributed by atoms with E-state index in [1.807, 2.05) is 12.5 Å². The molecule has 0 aliphatic heterocycles. The topological polar surface area (TPSA) is 12.9 Å². The molecule has 0 amide bonds. The first-order chi connectivity index (χ1) is 4.36. The minimum absolute atomic E-state index is 0.999. The summed E-state index contributed by atoms with van der Waals surface area (Å²) in [6.07, 6.45) is 5.68. The Morgan fingerprint density at radius 3 is 3.00 bits per heavy atom. The van der Waals surface area contributed by atoms with Crippen LogP contribution < -0.4 is 0 Å². The lowest BCUT2D eigenvalue weighted by Crippen LogP contribution is -1.58. The average molecular weight is 157 g/mol. The van der Waals surface area contributed by atoms with Crippen LogP contribution in [0.1, 0.15) is 5.01 Å². The van der Waals surface area contributed by atoms with E-state index in [9.17, 15) is 0 Å². The Balaban J connectivity index is 2.86. The number of thiazole rings is 1. The number of rotatable bonds is 2. The van der Waals surface area contributed by atoms with Crippen LogP contribution in [0.15, 0.2) is 17.0 Å². The van der Waals surface area contributed by atoms with E-state index in [1.54, 1.807) is 29.2 Å². The third kappa shape index (κ3) is 1.56. The van der Waals surface area contributed by atoms with Crippen LogP contribution in [0.25, 0.3) is 6.08 Å². The van der Waals surface area contributed by atoms with Gasteiger partial charge >= 0.3 is 0 Å². The standard InChI is InChI=1S/C6H7NS2/c1-3-5-7-4-6(8-2)9-5/h3-4H,1H2,2H3. The second-order valence-electron chi connectivity index (χ2n) is 1.43. The average Bonchev–Trinajstić information content (AvgIpc) is 2.34. The summed E-state index contributed by atoms with van der Waals surface area (Å²) >= 11 is 3.38. The lowest BCUT2D eigenvalue weighted by Gasteiger charge is -1.78. The van der Waals surface area contributed by atoms with E-state index in [4.69, 9.17) is 0 Å². The fourth-order valence-electron chi connectivity index (χ4n) is 0.461. The molecule has 0 saturated heterocycles. The van der Waals surface area contributed by atoms with Gasteiger partial charge < -0.3 is 0 Å². The van der Waals surface area contributed by atoms with Gasteiger partial charge in [0.1, 0.15) is 5.01 Å². The van der Waals surface area contributed by atoms with Crippen molar-refractivity contribution in [1.29, 1.82) is 0 Å². The summed E-state index contributed by atoms with van der Waals surface area (Å²) in [4.78, 5) is 4.09. The molecule has 0 unspecified atom stereocenters. The van der Waals surface area contributed by atoms with Gasteiger partial charge in [-0.05, 0) is 12.3 Å². The van der Waals surface area contributed by atoms with E-state index < -0.39 is 0 Å². The highest BCUT2D eigenvalue weighted by Crippen LogP contribution is 2.22. The monoisotopic (exact) mass is 157 g/mol. The third-order valence-corrected chi connectivity index (χ3v) is 2.92. The van der Waals surface area contributed by atoms with Crippen LogP contribution in [0.5, 0.6) is 0 Å². The summed E-state index contributed by atoms with van der Waals surface area (Å²) in [6, 6.07) is 0. The molecule has 3 heteroatoms. The maximum absolute atomic E-state index is 4.09. The van der Waals surface area contributed by atoms with Crippen LogP contribution in [0.3, 0.4) is 0 Å². The van der Waals surface area contributed by atoms with Crippen LogP contribution in [0, 0.1) is 0 Å². The molecule has 1 aromatic rings. The van der Waals surface area contributed by atoms with Crippen molar-refractivity contribution in [2.45, 2.75) is 4.21 Å². The van der Waals surface area contributed by atoms with E-state index >= 15 is 0 Å². The molecular formula is C6H7NS2. The second kappa shape index (κ2) is 3.03. The van der Waals surface area contributed by atoms with Gasteiger partial charge in [0.25, 0.3) is 0 Å². The van der Waals surface area contributed by atoms with Gasteiger partial charge in [-0.1, -0.05) is 6.58 Å². The zero-order valence-electron chi connectivity index (χ0n) is 5.13. The molecule has 1 aromatic heterocycles. The molecule has 0 atom stereocenters. The minimum Gasteiger partial charge on any atom is -0.244 e. The molecule has 0 aliphatic rings. The maximum Gasteiger partial charge on any atom is 0.116 e. The molecule has 0 fully saturated rings. The summed E-state index contributed by atoms with van der Waals surface area (Å²) in [5, 5.41) is 0.999. The molecule has 1 rings (SSSR count). The summed E-state index contributed by atoms with van der Waals surface area (Å²) in [5.41, 5.74) is 0. The SMILES string of the molecule is C=Cc1ncc(SC)s1. The first-order valence-corrected chi connectivity index (χ1v) is 4.53. The zero-order valence-corrected chi connectivity index (χ0v) is 6.76. The highest BCUT2D eigenvalue weighted by Gasteiger charge is 1.93. The maximum atomic E-state index is 4.09. The summed E-state index contributed by atoms with van der Waals surface area (Å²) < 4.78 is 1.24. The van der Waals surface area contributed by atoms with E-state index in [-0.39, 0.29) is 0 Å². The number of thioether (sulfide) groups is 1. The Kier molecular flexibility index (Phi) is 2.30. The molecule has 0 N–H and O–H groups in total. The van der Waals surface area contributed by atoms with Crippen molar-refractivity contribution in [2.24, 2.45) is 0 Å². The van der Waals surface area contributed by atoms with Crippen LogP contribution in [0.4, 0.5) is 0 Å². The smallest absolute Gasteiger partial charge is 0.116 e. The van der Waals surface area contributed by atoms with Gasteiger partial charge in [-0.3, -0.25) is 0 Å². The Bertz CT molecular complexity index is 205. The number of hydrogen-bond acceptors (Lipinski definition) is 3. The third-order valence-electron chi connectivity index (χ3n) is 0.878. The van der Waals surface area contributed by atoms with Gasteiger partial charge in [0.15, 0.2) is 0 Å². The number of aromatic nitrogens is 1. The molecule has 1 heterocycles. The van der Waals surface area contributed by atoms with E-state index in [2.05, 4.69) is 11.6 Å².